The number of fused-ring (bicyclic) bond motifs is 1. The van der Waals surface area contributed by atoms with E-state index in [1.807, 2.05) is 12.4 Å². The number of nitrogens with zero attached hydrogens (tertiary/aromatic N) is 2. The monoisotopic (exact) mass is 245 g/mol. The molecule has 3 unspecified atom stereocenters. The van der Waals surface area contributed by atoms with Crippen LogP contribution in [0.5, 0.6) is 0 Å². The van der Waals surface area contributed by atoms with Gasteiger partial charge >= 0.3 is 0 Å². The lowest BCUT2D eigenvalue weighted by Gasteiger charge is -2.42. The molecule has 1 aliphatic heterocycles. The molecule has 2 aliphatic rings. The summed E-state index contributed by atoms with van der Waals surface area (Å²) in [6.07, 6.45) is 10.7. The van der Waals surface area contributed by atoms with Crippen LogP contribution in [0.1, 0.15) is 43.7 Å². The van der Waals surface area contributed by atoms with Crippen LogP contribution in [0, 0.1) is 5.92 Å². The van der Waals surface area contributed by atoms with Crippen LogP contribution in [0.3, 0.4) is 0 Å². The quantitative estimate of drug-likeness (QED) is 0.889. The van der Waals surface area contributed by atoms with Gasteiger partial charge in [0.1, 0.15) is 0 Å². The Labute approximate surface area is 109 Å². The first-order chi connectivity index (χ1) is 8.90. The average Bonchev–Trinajstić information content (AvgIpc) is 2.90. The largest absolute Gasteiger partial charge is 0.329 e. The summed E-state index contributed by atoms with van der Waals surface area (Å²) >= 11 is 0. The zero-order chi connectivity index (χ0) is 12.4. The second kappa shape index (κ2) is 5.37. The summed E-state index contributed by atoms with van der Waals surface area (Å²) in [4.78, 5) is 6.79. The highest BCUT2D eigenvalue weighted by atomic mass is 15.2. The Morgan fingerprint density at radius 3 is 2.78 bits per heavy atom. The predicted molar refractivity (Wildman–Crippen MR) is 73.1 cm³/mol. The van der Waals surface area contributed by atoms with E-state index in [1.54, 1.807) is 0 Å². The smallest absolute Gasteiger partial charge is 0.0474 e. The van der Waals surface area contributed by atoms with Crippen molar-refractivity contribution in [1.82, 2.24) is 9.88 Å². The molecular weight excluding hydrogens is 222 g/mol. The van der Waals surface area contributed by atoms with Crippen LogP contribution in [-0.4, -0.2) is 29.0 Å². The number of rotatable bonds is 3. The summed E-state index contributed by atoms with van der Waals surface area (Å²) in [6, 6.07) is 5.41. The number of hydrogen-bond acceptors (Lipinski definition) is 3. The lowest BCUT2D eigenvalue weighted by molar-refractivity contribution is 0.0701. The molecule has 18 heavy (non-hydrogen) atoms. The standard InChI is InChI=1S/C15H23N3/c16-11-15(13-6-8-17-9-7-13)18-10-2-4-12-3-1-5-14(12)18/h6-9,12,14-15H,1-5,10-11,16H2. The lowest BCUT2D eigenvalue weighted by atomic mass is 9.89. The number of piperidine rings is 1. The molecule has 3 rings (SSSR count). The van der Waals surface area contributed by atoms with E-state index in [9.17, 15) is 0 Å². The van der Waals surface area contributed by atoms with Crippen LogP contribution in [0.2, 0.25) is 0 Å². The number of aromatic nitrogens is 1. The normalized spacial score (nSPS) is 30.1. The molecule has 3 atom stereocenters. The van der Waals surface area contributed by atoms with Crippen LogP contribution < -0.4 is 5.73 Å². The van der Waals surface area contributed by atoms with Crippen LogP contribution in [0.15, 0.2) is 24.5 Å². The van der Waals surface area contributed by atoms with Crippen molar-refractivity contribution in [3.8, 4) is 0 Å². The SMILES string of the molecule is NCC(c1ccncc1)N1CCCC2CCCC21. The first-order valence-corrected chi connectivity index (χ1v) is 7.26. The van der Waals surface area contributed by atoms with Gasteiger partial charge in [-0.2, -0.15) is 0 Å². The maximum absolute atomic E-state index is 6.06. The highest BCUT2D eigenvalue weighted by Gasteiger charge is 2.38. The Morgan fingerprint density at radius 1 is 1.22 bits per heavy atom. The predicted octanol–water partition coefficient (Wildman–Crippen LogP) is 2.35. The van der Waals surface area contributed by atoms with E-state index in [0.717, 1.165) is 12.0 Å². The van der Waals surface area contributed by atoms with Gasteiger partial charge in [0.15, 0.2) is 0 Å². The van der Waals surface area contributed by atoms with Gasteiger partial charge in [-0.15, -0.1) is 0 Å². The average molecular weight is 245 g/mol. The molecule has 0 amide bonds. The first-order valence-electron chi connectivity index (χ1n) is 7.26. The van der Waals surface area contributed by atoms with Gasteiger partial charge in [-0.25, -0.2) is 0 Å². The third-order valence-corrected chi connectivity index (χ3v) is 4.75. The number of pyridine rings is 1. The van der Waals surface area contributed by atoms with Crippen molar-refractivity contribution in [3.63, 3.8) is 0 Å². The maximum Gasteiger partial charge on any atom is 0.0474 e. The highest BCUT2D eigenvalue weighted by Crippen LogP contribution is 2.40. The first kappa shape index (κ1) is 12.1. The third kappa shape index (κ3) is 2.17. The van der Waals surface area contributed by atoms with Crippen LogP contribution in [-0.2, 0) is 0 Å². The van der Waals surface area contributed by atoms with E-state index in [1.165, 1.54) is 44.2 Å². The molecule has 2 N–H and O–H groups in total. The Balaban J connectivity index is 1.82. The van der Waals surface area contributed by atoms with E-state index in [4.69, 9.17) is 5.73 Å². The van der Waals surface area contributed by atoms with E-state index in [0.29, 0.717) is 12.6 Å². The summed E-state index contributed by atoms with van der Waals surface area (Å²) in [5.41, 5.74) is 7.39. The zero-order valence-electron chi connectivity index (χ0n) is 11.0. The van der Waals surface area contributed by atoms with Crippen molar-refractivity contribution >= 4 is 0 Å². The molecule has 98 valence electrons. The molecule has 1 aliphatic carbocycles. The minimum Gasteiger partial charge on any atom is -0.329 e. The topological polar surface area (TPSA) is 42.1 Å². The van der Waals surface area contributed by atoms with Gasteiger partial charge < -0.3 is 5.73 Å². The molecule has 2 fully saturated rings. The number of likely N-dealkylation sites (tertiary alicyclic amines) is 1. The van der Waals surface area contributed by atoms with Gasteiger partial charge in [0.05, 0.1) is 0 Å². The maximum atomic E-state index is 6.06. The van der Waals surface area contributed by atoms with Crippen molar-refractivity contribution in [2.45, 2.75) is 44.2 Å². The van der Waals surface area contributed by atoms with E-state index in [2.05, 4.69) is 22.0 Å². The minimum atomic E-state index is 0.388. The van der Waals surface area contributed by atoms with E-state index >= 15 is 0 Å². The van der Waals surface area contributed by atoms with Crippen molar-refractivity contribution in [1.29, 1.82) is 0 Å². The fraction of sp³-hybridized carbons (Fsp3) is 0.667. The lowest BCUT2D eigenvalue weighted by Crippen LogP contribution is -2.46. The molecule has 1 saturated carbocycles. The molecule has 1 aromatic heterocycles. The molecule has 0 spiro atoms. The Kier molecular flexibility index (Phi) is 3.62. The summed E-state index contributed by atoms with van der Waals surface area (Å²) in [5, 5.41) is 0. The van der Waals surface area contributed by atoms with Crippen LogP contribution in [0.4, 0.5) is 0 Å². The van der Waals surface area contributed by atoms with Crippen molar-refractivity contribution in [3.05, 3.63) is 30.1 Å². The summed E-state index contributed by atoms with van der Waals surface area (Å²) < 4.78 is 0. The van der Waals surface area contributed by atoms with Gasteiger partial charge in [0.25, 0.3) is 0 Å². The number of nitrogens with two attached hydrogens (primary N) is 1. The summed E-state index contributed by atoms with van der Waals surface area (Å²) in [6.45, 7) is 1.93. The second-order valence-electron chi connectivity index (χ2n) is 5.67. The molecule has 0 aromatic carbocycles. The van der Waals surface area contributed by atoms with Crippen LogP contribution in [0.25, 0.3) is 0 Å². The van der Waals surface area contributed by atoms with Crippen molar-refractivity contribution < 1.29 is 0 Å². The third-order valence-electron chi connectivity index (χ3n) is 4.75. The van der Waals surface area contributed by atoms with Crippen LogP contribution >= 0.6 is 0 Å². The Hall–Kier alpha value is -0.930. The number of hydrogen-bond donors (Lipinski definition) is 1. The van der Waals surface area contributed by atoms with Crippen molar-refractivity contribution in [2.75, 3.05) is 13.1 Å². The zero-order valence-corrected chi connectivity index (χ0v) is 11.0. The molecule has 3 nitrogen and oxygen atoms in total. The minimum absolute atomic E-state index is 0.388. The van der Waals surface area contributed by atoms with Gasteiger partial charge in [-0.3, -0.25) is 9.88 Å². The van der Waals surface area contributed by atoms with Gasteiger partial charge in [-0.05, 0) is 55.8 Å². The fourth-order valence-electron chi connectivity index (χ4n) is 3.93. The van der Waals surface area contributed by atoms with Gasteiger partial charge in [-0.1, -0.05) is 6.42 Å². The molecule has 1 aromatic rings. The molecule has 3 heteroatoms. The van der Waals surface area contributed by atoms with Gasteiger partial charge in [0, 0.05) is 31.0 Å². The second-order valence-corrected chi connectivity index (χ2v) is 5.67. The van der Waals surface area contributed by atoms with E-state index < -0.39 is 0 Å². The molecule has 0 radical (unpaired) electrons. The molecular formula is C15H23N3. The Bertz CT molecular complexity index is 379. The molecule has 2 heterocycles. The highest BCUT2D eigenvalue weighted by molar-refractivity contribution is 5.16. The van der Waals surface area contributed by atoms with Crippen molar-refractivity contribution in [2.24, 2.45) is 11.7 Å². The summed E-state index contributed by atoms with van der Waals surface area (Å²) in [5.74, 6) is 0.926. The van der Waals surface area contributed by atoms with E-state index in [-0.39, 0.29) is 0 Å². The Morgan fingerprint density at radius 2 is 2.00 bits per heavy atom. The molecule has 1 saturated heterocycles. The molecule has 0 bridgehead atoms. The summed E-state index contributed by atoms with van der Waals surface area (Å²) in [7, 11) is 0. The fourth-order valence-corrected chi connectivity index (χ4v) is 3.93. The van der Waals surface area contributed by atoms with Gasteiger partial charge in [0.2, 0.25) is 0 Å².